The molecule has 1 aromatic carbocycles. The van der Waals surface area contributed by atoms with Crippen LogP contribution in [0.25, 0.3) is 0 Å². The number of anilines is 1. The van der Waals surface area contributed by atoms with Gasteiger partial charge in [0.1, 0.15) is 5.82 Å². The highest BCUT2D eigenvalue weighted by atomic mass is 35.5. The number of benzene rings is 1. The summed E-state index contributed by atoms with van der Waals surface area (Å²) in [5, 5.41) is 3.14. The van der Waals surface area contributed by atoms with Crippen LogP contribution in [0.15, 0.2) is 30.5 Å². The monoisotopic (exact) mass is 318 g/mol. The molecule has 2 nitrogen and oxygen atoms in total. The molecule has 2 rings (SSSR count). The number of aryl methyl sites for hydroxylation is 1. The van der Waals surface area contributed by atoms with E-state index in [4.69, 9.17) is 11.6 Å². The number of pyridine rings is 1. The van der Waals surface area contributed by atoms with Gasteiger partial charge in [0.2, 0.25) is 0 Å². The van der Waals surface area contributed by atoms with E-state index in [9.17, 15) is 17.6 Å². The second-order valence-electron chi connectivity index (χ2n) is 4.46. The minimum Gasteiger partial charge on any atom is -0.378 e. The number of nitrogens with one attached hydrogen (secondary N) is 1. The zero-order chi connectivity index (χ0) is 15.6. The van der Waals surface area contributed by atoms with Crippen molar-refractivity contribution in [3.05, 3.63) is 58.1 Å². The van der Waals surface area contributed by atoms with Gasteiger partial charge in [-0.2, -0.15) is 13.2 Å². The van der Waals surface area contributed by atoms with Gasteiger partial charge in [-0.3, -0.25) is 0 Å². The van der Waals surface area contributed by atoms with Gasteiger partial charge in [-0.05, 0) is 36.2 Å². The average Bonchev–Trinajstić information content (AvgIpc) is 2.38. The molecule has 2 aromatic rings. The molecule has 0 saturated carbocycles. The van der Waals surface area contributed by atoms with Gasteiger partial charge >= 0.3 is 6.18 Å². The van der Waals surface area contributed by atoms with E-state index in [0.717, 1.165) is 17.7 Å². The summed E-state index contributed by atoms with van der Waals surface area (Å²) in [6, 6.07) is 4.59. The maximum Gasteiger partial charge on any atom is 0.419 e. The Hall–Kier alpha value is -1.82. The molecule has 112 valence electrons. The number of alkyl halides is 3. The summed E-state index contributed by atoms with van der Waals surface area (Å²) in [4.78, 5) is 3.89. The van der Waals surface area contributed by atoms with Crippen LogP contribution in [-0.2, 0) is 12.7 Å². The van der Waals surface area contributed by atoms with Crippen LogP contribution in [0.5, 0.6) is 0 Å². The van der Waals surface area contributed by atoms with E-state index in [-0.39, 0.29) is 11.7 Å². The maximum absolute atomic E-state index is 13.2. The van der Waals surface area contributed by atoms with Crippen LogP contribution in [0.1, 0.15) is 16.7 Å². The zero-order valence-electron chi connectivity index (χ0n) is 10.9. The molecule has 0 aliphatic carbocycles. The van der Waals surface area contributed by atoms with E-state index < -0.39 is 17.6 Å². The fraction of sp³-hybridized carbons (Fsp3) is 0.214. The summed E-state index contributed by atoms with van der Waals surface area (Å²) in [7, 11) is 0. The van der Waals surface area contributed by atoms with Crippen molar-refractivity contribution >= 4 is 17.3 Å². The number of hydrogen-bond donors (Lipinski definition) is 1. The Morgan fingerprint density at radius 3 is 2.57 bits per heavy atom. The Bertz CT molecular complexity index is 636. The van der Waals surface area contributed by atoms with Crippen molar-refractivity contribution < 1.29 is 17.6 Å². The van der Waals surface area contributed by atoms with Crippen molar-refractivity contribution in [3.63, 3.8) is 0 Å². The third kappa shape index (κ3) is 3.64. The number of rotatable bonds is 3. The van der Waals surface area contributed by atoms with Crippen LogP contribution >= 0.6 is 11.6 Å². The van der Waals surface area contributed by atoms with Crippen molar-refractivity contribution in [2.45, 2.75) is 19.6 Å². The molecule has 0 saturated heterocycles. The predicted molar refractivity (Wildman–Crippen MR) is 72.7 cm³/mol. The summed E-state index contributed by atoms with van der Waals surface area (Å²) >= 11 is 5.91. The first-order valence-corrected chi connectivity index (χ1v) is 6.37. The molecule has 0 aliphatic rings. The molecule has 7 heteroatoms. The fourth-order valence-electron chi connectivity index (χ4n) is 1.83. The predicted octanol–water partition coefficient (Wildman–Crippen LogP) is 4.81. The lowest BCUT2D eigenvalue weighted by atomic mass is 10.1. The average molecular weight is 319 g/mol. The number of hydrogen-bond acceptors (Lipinski definition) is 2. The van der Waals surface area contributed by atoms with Gasteiger partial charge in [0, 0.05) is 12.7 Å². The molecule has 0 radical (unpaired) electrons. The molecule has 0 bridgehead atoms. The summed E-state index contributed by atoms with van der Waals surface area (Å²) < 4.78 is 51.1. The van der Waals surface area contributed by atoms with Gasteiger partial charge in [-0.15, -0.1) is 0 Å². The van der Waals surface area contributed by atoms with Crippen LogP contribution in [0, 0.1) is 12.7 Å². The SMILES string of the molecule is Cc1ccnc(Cl)c1NCc1ccc(F)c(C(F)(F)F)c1. The molecule has 1 heterocycles. The second-order valence-corrected chi connectivity index (χ2v) is 4.82. The summed E-state index contributed by atoms with van der Waals surface area (Å²) in [6.07, 6.45) is -3.19. The Morgan fingerprint density at radius 2 is 1.95 bits per heavy atom. The molecule has 0 unspecified atom stereocenters. The number of nitrogens with zero attached hydrogens (tertiary/aromatic N) is 1. The first-order valence-electron chi connectivity index (χ1n) is 5.99. The second kappa shape index (κ2) is 5.89. The van der Waals surface area contributed by atoms with Gasteiger partial charge in [0.25, 0.3) is 0 Å². The van der Waals surface area contributed by atoms with Crippen LogP contribution in [0.4, 0.5) is 23.2 Å². The quantitative estimate of drug-likeness (QED) is 0.648. The number of halogens is 5. The van der Waals surface area contributed by atoms with Crippen molar-refractivity contribution in [2.75, 3.05) is 5.32 Å². The van der Waals surface area contributed by atoms with E-state index in [1.165, 1.54) is 12.3 Å². The summed E-state index contributed by atoms with van der Waals surface area (Å²) in [5.41, 5.74) is 0.365. The molecule has 0 fully saturated rings. The zero-order valence-corrected chi connectivity index (χ0v) is 11.7. The van der Waals surface area contributed by atoms with Gasteiger partial charge in [0.15, 0.2) is 5.15 Å². The van der Waals surface area contributed by atoms with Crippen molar-refractivity contribution in [2.24, 2.45) is 0 Å². The lowest BCUT2D eigenvalue weighted by Gasteiger charge is -2.13. The van der Waals surface area contributed by atoms with E-state index in [0.29, 0.717) is 11.3 Å². The molecular formula is C14H11ClF4N2. The van der Waals surface area contributed by atoms with Crippen LogP contribution in [-0.4, -0.2) is 4.98 Å². The standard InChI is InChI=1S/C14H11ClF4N2/c1-8-4-5-20-13(15)12(8)21-7-9-2-3-11(16)10(6-9)14(17,18)19/h2-6,21H,7H2,1H3. The van der Waals surface area contributed by atoms with Crippen molar-refractivity contribution in [1.82, 2.24) is 4.98 Å². The molecule has 0 amide bonds. The topological polar surface area (TPSA) is 24.9 Å². The molecule has 0 aliphatic heterocycles. The summed E-state index contributed by atoms with van der Waals surface area (Å²) in [6.45, 7) is 1.87. The lowest BCUT2D eigenvalue weighted by Crippen LogP contribution is -2.10. The van der Waals surface area contributed by atoms with E-state index in [1.807, 2.05) is 0 Å². The molecule has 1 N–H and O–H groups in total. The summed E-state index contributed by atoms with van der Waals surface area (Å²) in [5.74, 6) is -1.29. The normalized spacial score (nSPS) is 11.5. The highest BCUT2D eigenvalue weighted by Gasteiger charge is 2.34. The molecule has 21 heavy (non-hydrogen) atoms. The minimum absolute atomic E-state index is 0.0790. The van der Waals surface area contributed by atoms with Crippen LogP contribution in [0.2, 0.25) is 5.15 Å². The third-order valence-corrected chi connectivity index (χ3v) is 3.21. The number of aromatic nitrogens is 1. The molecular weight excluding hydrogens is 308 g/mol. The largest absolute Gasteiger partial charge is 0.419 e. The molecule has 0 spiro atoms. The lowest BCUT2D eigenvalue weighted by molar-refractivity contribution is -0.140. The Morgan fingerprint density at radius 1 is 1.24 bits per heavy atom. The fourth-order valence-corrected chi connectivity index (χ4v) is 2.10. The highest BCUT2D eigenvalue weighted by Crippen LogP contribution is 2.32. The maximum atomic E-state index is 13.2. The van der Waals surface area contributed by atoms with E-state index >= 15 is 0 Å². The highest BCUT2D eigenvalue weighted by molar-refractivity contribution is 6.32. The first kappa shape index (κ1) is 15.6. The molecule has 0 atom stereocenters. The third-order valence-electron chi connectivity index (χ3n) is 2.92. The Kier molecular flexibility index (Phi) is 4.37. The van der Waals surface area contributed by atoms with Gasteiger partial charge < -0.3 is 5.32 Å². The smallest absolute Gasteiger partial charge is 0.378 e. The van der Waals surface area contributed by atoms with E-state index in [2.05, 4.69) is 10.3 Å². The van der Waals surface area contributed by atoms with Crippen molar-refractivity contribution in [1.29, 1.82) is 0 Å². The first-order chi connectivity index (χ1) is 9.79. The van der Waals surface area contributed by atoms with E-state index in [1.54, 1.807) is 13.0 Å². The van der Waals surface area contributed by atoms with Crippen molar-refractivity contribution in [3.8, 4) is 0 Å². The van der Waals surface area contributed by atoms with Gasteiger partial charge in [0.05, 0.1) is 11.3 Å². The van der Waals surface area contributed by atoms with Crippen LogP contribution < -0.4 is 5.32 Å². The van der Waals surface area contributed by atoms with Gasteiger partial charge in [-0.1, -0.05) is 17.7 Å². The van der Waals surface area contributed by atoms with Crippen LogP contribution in [0.3, 0.4) is 0 Å². The molecule has 1 aromatic heterocycles. The minimum atomic E-state index is -4.72. The Balaban J connectivity index is 2.22. The van der Waals surface area contributed by atoms with Gasteiger partial charge in [-0.25, -0.2) is 9.37 Å². The Labute approximate surface area is 123 Å².